The number of nitro groups is 1. The van der Waals surface area contributed by atoms with Gasteiger partial charge in [0.1, 0.15) is 0 Å². The highest BCUT2D eigenvalue weighted by Crippen LogP contribution is 2.28. The zero-order valence-electron chi connectivity index (χ0n) is 18.5. The normalized spacial score (nSPS) is 15.1. The van der Waals surface area contributed by atoms with E-state index in [1.807, 2.05) is 0 Å². The molecule has 0 atom stereocenters. The van der Waals surface area contributed by atoms with Crippen LogP contribution < -0.4 is 10.2 Å². The summed E-state index contributed by atoms with van der Waals surface area (Å²) in [6, 6.07) is 8.80. The molecule has 0 spiro atoms. The number of nitro benzene ring substituents is 1. The van der Waals surface area contributed by atoms with Crippen molar-refractivity contribution in [3.63, 3.8) is 0 Å². The largest absolute Gasteiger partial charge is 0.377 e. The summed E-state index contributed by atoms with van der Waals surface area (Å²) in [4.78, 5) is 25.4. The number of carbonyl (C=O) groups excluding carboxylic acids is 1. The van der Waals surface area contributed by atoms with Crippen LogP contribution in [0.5, 0.6) is 0 Å². The Bertz CT molecular complexity index is 1120. The van der Waals surface area contributed by atoms with Gasteiger partial charge in [0, 0.05) is 50.7 Å². The third-order valence-electron chi connectivity index (χ3n) is 5.55. The fourth-order valence-electron chi connectivity index (χ4n) is 3.78. The van der Waals surface area contributed by atoms with Gasteiger partial charge in [-0.2, -0.15) is 4.31 Å². The first-order valence-electron chi connectivity index (χ1n) is 10.5. The molecule has 3 rings (SSSR count). The fraction of sp³-hybridized carbons (Fsp3) is 0.409. The van der Waals surface area contributed by atoms with Gasteiger partial charge in [-0.25, -0.2) is 8.42 Å². The number of carbonyl (C=O) groups is 1. The zero-order chi connectivity index (χ0) is 23.5. The maximum atomic E-state index is 13.3. The molecule has 1 N–H and O–H groups in total. The Morgan fingerprint density at radius 2 is 1.72 bits per heavy atom. The van der Waals surface area contributed by atoms with E-state index in [0.29, 0.717) is 30.0 Å². The first-order valence-corrected chi connectivity index (χ1v) is 11.9. The molecule has 10 heteroatoms. The summed E-state index contributed by atoms with van der Waals surface area (Å²) in [6.07, 6.45) is 3.68. The van der Waals surface area contributed by atoms with Crippen LogP contribution in [-0.2, 0) is 10.0 Å². The third-order valence-corrected chi connectivity index (χ3v) is 7.59. The highest BCUT2D eigenvalue weighted by atomic mass is 32.2. The van der Waals surface area contributed by atoms with Crippen molar-refractivity contribution in [1.29, 1.82) is 0 Å². The first-order chi connectivity index (χ1) is 15.1. The SMILES string of the molecule is Cc1ccc(NC(=O)c2cc([N+](=O)[O-])ccc2N(C)C)cc1S(=O)(=O)N1CCCCCC1. The monoisotopic (exact) mass is 460 g/mol. The van der Waals surface area contributed by atoms with Gasteiger partial charge in [-0.1, -0.05) is 18.9 Å². The molecule has 0 bridgehead atoms. The van der Waals surface area contributed by atoms with E-state index < -0.39 is 20.9 Å². The number of aryl methyl sites for hydroxylation is 1. The number of nitrogens with zero attached hydrogens (tertiary/aromatic N) is 3. The van der Waals surface area contributed by atoms with Crippen LogP contribution in [0.15, 0.2) is 41.3 Å². The van der Waals surface area contributed by atoms with E-state index in [1.54, 1.807) is 38.1 Å². The Balaban J connectivity index is 1.93. The van der Waals surface area contributed by atoms with Gasteiger partial charge >= 0.3 is 0 Å². The van der Waals surface area contributed by atoms with E-state index in [0.717, 1.165) is 25.7 Å². The standard InChI is InChI=1S/C22H28N4O5S/c1-16-8-9-17(14-21(16)32(30,31)25-12-6-4-5-7-13-25)23-22(27)19-15-18(26(28)29)10-11-20(19)24(2)3/h8-11,14-15H,4-7,12-13H2,1-3H3,(H,23,27). The zero-order valence-corrected chi connectivity index (χ0v) is 19.3. The van der Waals surface area contributed by atoms with Gasteiger partial charge in [0.25, 0.3) is 11.6 Å². The second-order valence-corrected chi connectivity index (χ2v) is 10.0. The van der Waals surface area contributed by atoms with E-state index in [9.17, 15) is 23.3 Å². The molecule has 32 heavy (non-hydrogen) atoms. The number of anilines is 2. The van der Waals surface area contributed by atoms with Gasteiger partial charge in [-0.05, 0) is 43.5 Å². The van der Waals surface area contributed by atoms with Gasteiger partial charge in [-0.15, -0.1) is 0 Å². The van der Waals surface area contributed by atoms with Crippen LogP contribution in [0, 0.1) is 17.0 Å². The second kappa shape index (κ2) is 9.66. The van der Waals surface area contributed by atoms with Crippen LogP contribution >= 0.6 is 0 Å². The van der Waals surface area contributed by atoms with Crippen molar-refractivity contribution >= 4 is 33.0 Å². The van der Waals surface area contributed by atoms with Gasteiger partial charge in [0.2, 0.25) is 10.0 Å². The molecular formula is C22H28N4O5S. The summed E-state index contributed by atoms with van der Waals surface area (Å²) in [7, 11) is -0.230. The molecular weight excluding hydrogens is 432 g/mol. The maximum absolute atomic E-state index is 13.3. The molecule has 0 radical (unpaired) electrons. The molecule has 9 nitrogen and oxygen atoms in total. The first kappa shape index (κ1) is 23.7. The molecule has 1 aliphatic heterocycles. The van der Waals surface area contributed by atoms with Crippen LogP contribution in [0.4, 0.5) is 17.1 Å². The van der Waals surface area contributed by atoms with Crippen LogP contribution in [0.1, 0.15) is 41.6 Å². The summed E-state index contributed by atoms with van der Waals surface area (Å²) in [6.45, 7) is 2.69. The van der Waals surface area contributed by atoms with Crippen LogP contribution in [0.25, 0.3) is 0 Å². The second-order valence-electron chi connectivity index (χ2n) is 8.11. The van der Waals surface area contributed by atoms with Gasteiger partial charge in [0.15, 0.2) is 0 Å². The molecule has 172 valence electrons. The number of amides is 1. The molecule has 2 aromatic rings. The minimum Gasteiger partial charge on any atom is -0.377 e. The molecule has 1 heterocycles. The Hall–Kier alpha value is -2.98. The summed E-state index contributed by atoms with van der Waals surface area (Å²) in [5.41, 5.74) is 1.34. The number of benzene rings is 2. The quantitative estimate of drug-likeness (QED) is 0.518. The lowest BCUT2D eigenvalue weighted by molar-refractivity contribution is -0.384. The molecule has 1 aliphatic rings. The van der Waals surface area contributed by atoms with E-state index in [-0.39, 0.29) is 16.1 Å². The minimum atomic E-state index is -3.69. The van der Waals surface area contributed by atoms with Crippen LogP contribution in [0.3, 0.4) is 0 Å². The van der Waals surface area contributed by atoms with E-state index in [1.165, 1.54) is 28.6 Å². The molecule has 0 unspecified atom stereocenters. The summed E-state index contributed by atoms with van der Waals surface area (Å²) in [5, 5.41) is 13.9. The molecule has 1 saturated heterocycles. The van der Waals surface area contributed by atoms with Crippen LogP contribution in [0.2, 0.25) is 0 Å². The molecule has 2 aromatic carbocycles. The Morgan fingerprint density at radius 3 is 2.31 bits per heavy atom. The average molecular weight is 461 g/mol. The predicted molar refractivity (Wildman–Crippen MR) is 124 cm³/mol. The van der Waals surface area contributed by atoms with Crippen LogP contribution in [-0.4, -0.2) is 50.7 Å². The Kier molecular flexibility index (Phi) is 7.15. The van der Waals surface area contributed by atoms with E-state index >= 15 is 0 Å². The van der Waals surface area contributed by atoms with E-state index in [4.69, 9.17) is 0 Å². The number of sulfonamides is 1. The van der Waals surface area contributed by atoms with Crippen molar-refractivity contribution < 1.29 is 18.1 Å². The van der Waals surface area contributed by atoms with E-state index in [2.05, 4.69) is 5.32 Å². The van der Waals surface area contributed by atoms with Crippen molar-refractivity contribution in [3.05, 3.63) is 57.6 Å². The molecule has 1 fully saturated rings. The maximum Gasteiger partial charge on any atom is 0.270 e. The number of rotatable bonds is 6. The van der Waals surface area contributed by atoms with Gasteiger partial charge in [-0.3, -0.25) is 14.9 Å². The lowest BCUT2D eigenvalue weighted by Gasteiger charge is -2.22. The van der Waals surface area contributed by atoms with Crippen molar-refractivity contribution in [2.45, 2.75) is 37.5 Å². The molecule has 0 aromatic heterocycles. The number of nitrogens with one attached hydrogen (secondary N) is 1. The summed E-state index contributed by atoms with van der Waals surface area (Å²) >= 11 is 0. The fourth-order valence-corrected chi connectivity index (χ4v) is 5.55. The van der Waals surface area contributed by atoms with Crippen molar-refractivity contribution in [2.75, 3.05) is 37.4 Å². The molecule has 0 saturated carbocycles. The van der Waals surface area contributed by atoms with Gasteiger partial charge in [0.05, 0.1) is 15.4 Å². The number of hydrogen-bond donors (Lipinski definition) is 1. The lowest BCUT2D eigenvalue weighted by Crippen LogP contribution is -2.32. The van der Waals surface area contributed by atoms with Crippen molar-refractivity contribution in [2.24, 2.45) is 0 Å². The predicted octanol–water partition coefficient (Wildman–Crippen LogP) is 3.79. The Labute approximate surface area is 188 Å². The average Bonchev–Trinajstić information content (AvgIpc) is 3.04. The summed E-state index contributed by atoms with van der Waals surface area (Å²) in [5.74, 6) is -0.556. The highest BCUT2D eigenvalue weighted by molar-refractivity contribution is 7.89. The highest BCUT2D eigenvalue weighted by Gasteiger charge is 2.27. The van der Waals surface area contributed by atoms with Crippen molar-refractivity contribution in [3.8, 4) is 0 Å². The summed E-state index contributed by atoms with van der Waals surface area (Å²) < 4.78 is 28.0. The topological polar surface area (TPSA) is 113 Å². The number of non-ortho nitro benzene ring substituents is 1. The minimum absolute atomic E-state index is 0.127. The smallest absolute Gasteiger partial charge is 0.270 e. The lowest BCUT2D eigenvalue weighted by atomic mass is 10.1. The number of hydrogen-bond acceptors (Lipinski definition) is 6. The molecule has 0 aliphatic carbocycles. The Morgan fingerprint density at radius 1 is 1.06 bits per heavy atom. The van der Waals surface area contributed by atoms with Crippen molar-refractivity contribution in [1.82, 2.24) is 4.31 Å². The molecule has 1 amide bonds. The third kappa shape index (κ3) is 5.08. The van der Waals surface area contributed by atoms with Gasteiger partial charge < -0.3 is 10.2 Å².